The quantitative estimate of drug-likeness (QED) is 0.191. The number of aliphatic hydroxyl groups is 7. The second-order valence-electron chi connectivity index (χ2n) is 13.9. The number of allylic oxidation sites excluding steroid dienone is 2. The van der Waals surface area contributed by atoms with Gasteiger partial charge in [0.1, 0.15) is 48.8 Å². The lowest BCUT2D eigenvalue weighted by Gasteiger charge is -2.58. The molecule has 1 aromatic rings. The van der Waals surface area contributed by atoms with Crippen LogP contribution in [0.25, 0.3) is 0 Å². The molecule has 13 atom stereocenters. The molecule has 3 fully saturated rings. The average molecular weight is 627 g/mol. The van der Waals surface area contributed by atoms with Crippen molar-refractivity contribution in [3.63, 3.8) is 0 Å². The van der Waals surface area contributed by atoms with E-state index in [-0.39, 0.29) is 22.9 Å². The van der Waals surface area contributed by atoms with Gasteiger partial charge < -0.3 is 59.1 Å². The monoisotopic (exact) mass is 626 g/mol. The Balaban J connectivity index is 1.36. The summed E-state index contributed by atoms with van der Waals surface area (Å²) in [6.45, 7) is 7.72. The molecule has 1 aromatic heterocycles. The van der Waals surface area contributed by atoms with Gasteiger partial charge in [0, 0.05) is 0 Å². The molecule has 0 radical (unpaired) electrons. The van der Waals surface area contributed by atoms with Gasteiger partial charge in [-0.05, 0) is 73.8 Å². The summed E-state index contributed by atoms with van der Waals surface area (Å²) >= 11 is 0. The van der Waals surface area contributed by atoms with Crippen molar-refractivity contribution in [1.82, 2.24) is 0 Å². The Morgan fingerprint density at radius 2 is 1.48 bits per heavy atom. The van der Waals surface area contributed by atoms with Gasteiger partial charge in [-0.1, -0.05) is 31.9 Å². The van der Waals surface area contributed by atoms with Crippen molar-refractivity contribution in [2.45, 2.75) is 134 Å². The first-order valence-electron chi connectivity index (χ1n) is 15.8. The second-order valence-corrected chi connectivity index (χ2v) is 13.9. The van der Waals surface area contributed by atoms with Crippen molar-refractivity contribution >= 4 is 0 Å². The second kappa shape index (κ2) is 13.4. The van der Waals surface area contributed by atoms with Gasteiger partial charge >= 0.3 is 0 Å². The fraction of sp³-hybridized carbons (Fsp3) is 0.812. The summed E-state index contributed by atoms with van der Waals surface area (Å²) in [6.07, 6.45) is -6.26. The van der Waals surface area contributed by atoms with Gasteiger partial charge in [-0.2, -0.15) is 0 Å². The Kier molecular flexibility index (Phi) is 10.3. The smallest absolute Gasteiger partial charge is 0.187 e. The highest BCUT2D eigenvalue weighted by atomic mass is 16.8. The van der Waals surface area contributed by atoms with Crippen molar-refractivity contribution in [2.75, 3.05) is 13.2 Å². The highest BCUT2D eigenvalue weighted by molar-refractivity contribution is 5.29. The first-order chi connectivity index (χ1) is 20.8. The fourth-order valence-electron chi connectivity index (χ4n) is 8.33. The van der Waals surface area contributed by atoms with Crippen LogP contribution in [0.15, 0.2) is 34.2 Å². The molecule has 7 N–H and O–H groups in total. The van der Waals surface area contributed by atoms with Crippen molar-refractivity contribution in [3.8, 4) is 0 Å². The van der Waals surface area contributed by atoms with E-state index in [1.54, 1.807) is 12.5 Å². The maximum Gasteiger partial charge on any atom is 0.187 e. The van der Waals surface area contributed by atoms with E-state index in [0.717, 1.165) is 32.1 Å². The highest BCUT2D eigenvalue weighted by Crippen LogP contribution is 2.61. The minimum Gasteiger partial charge on any atom is -0.472 e. The SMILES string of the molecule is CC1=C(CCc2ccoc2)[C@@]2(C)CC[C@H](O[C@@H]3O[C@H](CO)[C@@H](O)[C@H](O)[C@H]3O[C@@H]3O[C@H](CO)[C@@H](O)[C@H](O)[C@H]3O)C(C)(C)[C@@H]2CC1. The van der Waals surface area contributed by atoms with E-state index in [1.165, 1.54) is 16.7 Å². The van der Waals surface area contributed by atoms with Crippen LogP contribution in [0.5, 0.6) is 0 Å². The molecule has 5 rings (SSSR count). The molecule has 0 amide bonds. The van der Waals surface area contributed by atoms with Crippen molar-refractivity contribution in [1.29, 1.82) is 0 Å². The summed E-state index contributed by atoms with van der Waals surface area (Å²) in [5, 5.41) is 72.3. The van der Waals surface area contributed by atoms with E-state index in [0.29, 0.717) is 6.42 Å². The summed E-state index contributed by atoms with van der Waals surface area (Å²) < 4.78 is 29.3. The van der Waals surface area contributed by atoms with Crippen LogP contribution in [0, 0.1) is 16.7 Å². The predicted molar refractivity (Wildman–Crippen MR) is 155 cm³/mol. The largest absolute Gasteiger partial charge is 0.472 e. The van der Waals surface area contributed by atoms with E-state index in [4.69, 9.17) is 23.4 Å². The van der Waals surface area contributed by atoms with E-state index in [9.17, 15) is 35.7 Å². The summed E-state index contributed by atoms with van der Waals surface area (Å²) in [5.41, 5.74) is 3.71. The third-order valence-corrected chi connectivity index (χ3v) is 10.9. The molecule has 1 saturated carbocycles. The molecule has 0 bridgehead atoms. The number of rotatable bonds is 9. The summed E-state index contributed by atoms with van der Waals surface area (Å²) in [6, 6.07) is 2.00. The van der Waals surface area contributed by atoms with Gasteiger partial charge in [0.2, 0.25) is 0 Å². The minimum atomic E-state index is -1.72. The summed E-state index contributed by atoms with van der Waals surface area (Å²) in [5.74, 6) is 0.273. The molecule has 0 unspecified atom stereocenters. The molecule has 12 nitrogen and oxygen atoms in total. The Labute approximate surface area is 258 Å². The molecule has 3 heterocycles. The minimum absolute atomic E-state index is 0.0432. The standard InChI is InChI=1S/C32H50O12/c1-16-5-8-21-31(2,3)22(9-11-32(21,4)18(16)7-6-17-10-12-40-15-17)43-30-28(26(38)24(36)20(14-34)42-30)44-29-27(39)25(37)23(35)19(13-33)41-29/h10,12,15,19-30,33-39H,5-9,11,13-14H2,1-4H3/t19-,20-,21+,22+,23-,24-,25+,26+,27-,28-,29+,30+,32-/m1/s1. The topological polar surface area (TPSA) is 192 Å². The number of fused-ring (bicyclic) bond motifs is 1. The number of aryl methyl sites for hydroxylation is 1. The Bertz CT molecular complexity index is 1120. The fourth-order valence-corrected chi connectivity index (χ4v) is 8.33. The lowest BCUT2D eigenvalue weighted by atomic mass is 9.49. The van der Waals surface area contributed by atoms with Gasteiger partial charge in [-0.25, -0.2) is 0 Å². The number of aliphatic hydroxyl groups excluding tert-OH is 7. The third kappa shape index (κ3) is 6.16. The molecule has 250 valence electrons. The first kappa shape index (κ1) is 33.9. The maximum absolute atomic E-state index is 11.1. The van der Waals surface area contributed by atoms with Crippen LogP contribution in [0.4, 0.5) is 0 Å². The van der Waals surface area contributed by atoms with Gasteiger partial charge in [-0.15, -0.1) is 0 Å². The van der Waals surface area contributed by atoms with E-state index in [1.807, 2.05) is 6.07 Å². The Morgan fingerprint density at radius 3 is 2.11 bits per heavy atom. The molecule has 2 aliphatic carbocycles. The van der Waals surface area contributed by atoms with E-state index in [2.05, 4.69) is 27.7 Å². The summed E-state index contributed by atoms with van der Waals surface area (Å²) in [7, 11) is 0. The number of furan rings is 1. The lowest BCUT2D eigenvalue weighted by Crippen LogP contribution is -2.65. The summed E-state index contributed by atoms with van der Waals surface area (Å²) in [4.78, 5) is 0. The molecule has 12 heteroatoms. The van der Waals surface area contributed by atoms with Gasteiger partial charge in [0.15, 0.2) is 12.6 Å². The molecule has 2 aliphatic heterocycles. The van der Waals surface area contributed by atoms with Crippen LogP contribution in [-0.2, 0) is 25.4 Å². The van der Waals surface area contributed by atoms with E-state index >= 15 is 0 Å². The van der Waals surface area contributed by atoms with Crippen LogP contribution in [0.2, 0.25) is 0 Å². The maximum atomic E-state index is 11.1. The zero-order valence-electron chi connectivity index (χ0n) is 26.0. The molecule has 44 heavy (non-hydrogen) atoms. The van der Waals surface area contributed by atoms with Crippen LogP contribution >= 0.6 is 0 Å². The van der Waals surface area contributed by atoms with Crippen LogP contribution < -0.4 is 0 Å². The van der Waals surface area contributed by atoms with Crippen LogP contribution in [0.3, 0.4) is 0 Å². The predicted octanol–water partition coefficient (Wildman–Crippen LogP) is 0.774. The first-order valence-corrected chi connectivity index (χ1v) is 15.8. The zero-order chi connectivity index (χ0) is 32.0. The van der Waals surface area contributed by atoms with Crippen molar-refractivity contribution in [3.05, 3.63) is 35.3 Å². The number of ether oxygens (including phenoxy) is 4. The number of hydrogen-bond acceptors (Lipinski definition) is 12. The third-order valence-electron chi connectivity index (χ3n) is 10.9. The van der Waals surface area contributed by atoms with Gasteiger partial charge in [0.25, 0.3) is 0 Å². The molecule has 2 saturated heterocycles. The molecular formula is C32H50O12. The molecule has 0 spiro atoms. The molecule has 4 aliphatic rings. The molecule has 0 aromatic carbocycles. The molecular weight excluding hydrogens is 576 g/mol. The zero-order valence-corrected chi connectivity index (χ0v) is 26.0. The van der Waals surface area contributed by atoms with Crippen LogP contribution in [0.1, 0.15) is 65.4 Å². The van der Waals surface area contributed by atoms with Crippen molar-refractivity contribution < 1.29 is 59.1 Å². The Hall–Kier alpha value is -1.42. The lowest BCUT2D eigenvalue weighted by molar-refractivity contribution is -0.377. The average Bonchev–Trinajstić information content (AvgIpc) is 3.51. The van der Waals surface area contributed by atoms with E-state index < -0.39 is 74.6 Å². The van der Waals surface area contributed by atoms with Crippen molar-refractivity contribution in [2.24, 2.45) is 16.7 Å². The van der Waals surface area contributed by atoms with Crippen LogP contribution in [-0.4, -0.2) is 116 Å². The Morgan fingerprint density at radius 1 is 0.818 bits per heavy atom. The van der Waals surface area contributed by atoms with Gasteiger partial charge in [-0.3, -0.25) is 0 Å². The van der Waals surface area contributed by atoms with Gasteiger partial charge in [0.05, 0.1) is 31.8 Å². The number of hydrogen-bond donors (Lipinski definition) is 7. The highest BCUT2D eigenvalue weighted by Gasteiger charge is 2.57. The normalized spacial score (nSPS) is 44.4.